The molecule has 0 N–H and O–H groups in total. The van der Waals surface area contributed by atoms with Crippen LogP contribution in [-0.4, -0.2) is 0 Å². The second-order valence-corrected chi connectivity index (χ2v) is 32.0. The maximum Gasteiger partial charge on any atom is 0.0557 e. The fourth-order valence-corrected chi connectivity index (χ4v) is 31.6. The van der Waals surface area contributed by atoms with Gasteiger partial charge in [-0.05, 0) is 42.4 Å². The minimum Gasteiger partial charge on any atom is -0.0972 e. The molecule has 0 saturated heterocycles. The van der Waals surface area contributed by atoms with Crippen LogP contribution in [0, 0.1) is 0 Å². The molecule has 0 fully saturated rings. The smallest absolute Gasteiger partial charge is 0.0557 e. The first-order valence-corrected chi connectivity index (χ1v) is 30.4. The van der Waals surface area contributed by atoms with E-state index >= 15 is 0 Å². The van der Waals surface area contributed by atoms with Gasteiger partial charge in [0.25, 0.3) is 0 Å². The van der Waals surface area contributed by atoms with Crippen molar-refractivity contribution in [2.45, 2.75) is 0 Å². The molecule has 8 heteroatoms. The van der Waals surface area contributed by atoms with Crippen molar-refractivity contribution in [1.82, 2.24) is 0 Å². The van der Waals surface area contributed by atoms with Gasteiger partial charge >= 0.3 is 0 Å². The van der Waals surface area contributed by atoms with E-state index in [2.05, 4.69) is 248 Å². The highest BCUT2D eigenvalue weighted by Crippen LogP contribution is 2.74. The molecule has 0 spiro atoms. The van der Waals surface area contributed by atoms with E-state index < -0.39 is 24.2 Å². The zero-order valence-corrected chi connectivity index (χ0v) is 38.9. The molecule has 0 aliphatic heterocycles. The molecule has 0 saturated carbocycles. The van der Waals surface area contributed by atoms with E-state index in [1.807, 2.05) is 0 Å². The highest BCUT2D eigenvalue weighted by Gasteiger charge is 2.43. The molecule has 0 nitrogen and oxygen atoms in total. The minimum absolute atomic E-state index is 0.932. The zero-order valence-electron chi connectivity index (χ0n) is 32.0. The maximum absolute atomic E-state index is 7.45. The highest BCUT2D eigenvalue weighted by molar-refractivity contribution is 8.37. The van der Waals surface area contributed by atoms with Crippen molar-refractivity contribution >= 4 is 114 Å². The van der Waals surface area contributed by atoms with Gasteiger partial charge in [0.1, 0.15) is 0 Å². The van der Waals surface area contributed by atoms with Gasteiger partial charge in [0.2, 0.25) is 0 Å². The molecule has 0 amide bonds. The molecule has 0 aliphatic carbocycles. The average molecular weight is 905 g/mol. The Bertz CT molecular complexity index is 2370. The summed E-state index contributed by atoms with van der Waals surface area (Å²) in [5, 5.41) is 10.2. The molecule has 0 aromatic heterocycles. The van der Waals surface area contributed by atoms with Crippen LogP contribution in [0.5, 0.6) is 0 Å². The van der Waals surface area contributed by atoms with E-state index in [1.165, 1.54) is 0 Å². The highest BCUT2D eigenvalue weighted by atomic mass is 32.5. The topological polar surface area (TPSA) is 0 Å². The predicted molar refractivity (Wildman–Crippen MR) is 276 cm³/mol. The van der Waals surface area contributed by atoms with E-state index in [9.17, 15) is 0 Å². The van der Waals surface area contributed by atoms with Crippen LogP contribution in [0.25, 0.3) is 0 Å². The second kappa shape index (κ2) is 18.2. The molecule has 8 rings (SSSR count). The van der Waals surface area contributed by atoms with Crippen LogP contribution in [0.15, 0.2) is 258 Å². The van der Waals surface area contributed by atoms with E-state index in [0.29, 0.717) is 0 Å². The lowest BCUT2D eigenvalue weighted by Gasteiger charge is -2.37. The van der Waals surface area contributed by atoms with Gasteiger partial charge in [-0.25, -0.2) is 0 Å². The molecule has 59 heavy (non-hydrogen) atoms. The average Bonchev–Trinajstić information content (AvgIpc) is 3.33. The first kappa shape index (κ1) is 41.6. The van der Waals surface area contributed by atoms with Crippen LogP contribution < -0.4 is 42.4 Å². The quantitative estimate of drug-likeness (QED) is 0.0885. The van der Waals surface area contributed by atoms with Crippen molar-refractivity contribution in [3.05, 3.63) is 258 Å². The molecule has 0 atom stereocenters. The van der Waals surface area contributed by atoms with Crippen molar-refractivity contribution in [2.75, 3.05) is 0 Å². The third-order valence-electron chi connectivity index (χ3n) is 10.4. The number of hydrogen-bond acceptors (Lipinski definition) is 4. The molecule has 0 bridgehead atoms. The summed E-state index contributed by atoms with van der Waals surface area (Å²) in [6.07, 6.45) is 0. The minimum atomic E-state index is -3.04. The Hall–Kier alpha value is -4.12. The molecular weight excluding hydrogens is 865 g/mol. The lowest BCUT2D eigenvalue weighted by Crippen LogP contribution is -2.25. The summed E-state index contributed by atoms with van der Waals surface area (Å²) in [6, 6.07) is 72.6. The fourth-order valence-electron chi connectivity index (χ4n) is 7.49. The molecule has 0 radical (unpaired) electrons. The lowest BCUT2D eigenvalue weighted by atomic mass is 10.4. The Morgan fingerprint density at radius 1 is 0.220 bits per heavy atom. The standard InChI is InChI=1S/C51H40P4S4/c56-52(42-25-9-1-10-26-42,43-27-11-2-12-28-43)50(53(57,44-29-13-3-14-30-44)45-31-15-4-16-32-45)41-51(54(58,46-33-17-5-18-34-46)47-35-19-6-20-36-47)55(59,48-37-21-7-22-38-48)49-39-23-8-24-40-49/h1-40H. The van der Waals surface area contributed by atoms with Crippen molar-refractivity contribution in [3.63, 3.8) is 0 Å². The van der Waals surface area contributed by atoms with Gasteiger partial charge in [-0.3, -0.25) is 0 Å². The molecule has 8 aromatic rings. The number of benzene rings is 8. The van der Waals surface area contributed by atoms with Crippen molar-refractivity contribution in [1.29, 1.82) is 0 Å². The Morgan fingerprint density at radius 2 is 0.339 bits per heavy atom. The van der Waals surface area contributed by atoms with Gasteiger partial charge in [-0.1, -0.05) is 296 Å². The number of hydrogen-bond donors (Lipinski definition) is 0. The van der Waals surface area contributed by atoms with Crippen LogP contribution in [0.3, 0.4) is 0 Å². The van der Waals surface area contributed by atoms with Gasteiger partial charge < -0.3 is 0 Å². The van der Waals surface area contributed by atoms with Gasteiger partial charge in [0.15, 0.2) is 0 Å². The van der Waals surface area contributed by atoms with Crippen LogP contribution in [0.1, 0.15) is 0 Å². The Balaban J connectivity index is 1.73. The Morgan fingerprint density at radius 3 is 0.458 bits per heavy atom. The van der Waals surface area contributed by atoms with E-state index in [-0.39, 0.29) is 0 Å². The summed E-state index contributed by atoms with van der Waals surface area (Å²) in [4.78, 5) is 0. The molecule has 0 unspecified atom stereocenters. The third-order valence-corrected chi connectivity index (χ3v) is 33.9. The van der Waals surface area contributed by atoms with E-state index in [4.69, 9.17) is 47.2 Å². The molecule has 0 aliphatic rings. The fraction of sp³-hybridized carbons (Fsp3) is 0. The van der Waals surface area contributed by atoms with Gasteiger partial charge in [0, 0.05) is 24.2 Å². The molecule has 288 valence electrons. The van der Waals surface area contributed by atoms with Crippen molar-refractivity contribution in [3.8, 4) is 0 Å². The summed E-state index contributed by atoms with van der Waals surface area (Å²) in [5.74, 6) is 0. The van der Waals surface area contributed by atoms with Gasteiger partial charge in [-0.2, -0.15) is 0 Å². The Labute approximate surface area is 369 Å². The van der Waals surface area contributed by atoms with Gasteiger partial charge in [-0.15, -0.1) is 0 Å². The number of rotatable bonds is 12. The Kier molecular flexibility index (Phi) is 12.9. The van der Waals surface area contributed by atoms with Crippen LogP contribution in [0.4, 0.5) is 0 Å². The largest absolute Gasteiger partial charge is 0.0972 e. The van der Waals surface area contributed by atoms with E-state index in [0.717, 1.165) is 52.5 Å². The summed E-state index contributed by atoms with van der Waals surface area (Å²) in [7, 11) is 0. The van der Waals surface area contributed by atoms with E-state index in [1.54, 1.807) is 0 Å². The SMILES string of the molecule is S=P(C(=C=C(P(=S)(c1ccccc1)c1ccccc1)P(=S)(c1ccccc1)c1ccccc1)P(=S)(c1ccccc1)c1ccccc1)(c1ccccc1)c1ccccc1. The summed E-state index contributed by atoms with van der Waals surface area (Å²) in [5.41, 5.74) is 4.42. The van der Waals surface area contributed by atoms with Crippen molar-refractivity contribution < 1.29 is 0 Å². The molecular formula is C51H40P4S4. The van der Waals surface area contributed by atoms with Crippen LogP contribution in [0.2, 0.25) is 0 Å². The zero-order chi connectivity index (χ0) is 40.8. The van der Waals surface area contributed by atoms with Gasteiger partial charge in [0.05, 0.1) is 10.1 Å². The van der Waals surface area contributed by atoms with Crippen LogP contribution >= 0.6 is 24.2 Å². The molecule has 0 heterocycles. The molecule has 8 aromatic carbocycles. The summed E-state index contributed by atoms with van der Waals surface area (Å²) < 4.78 is 0. The lowest BCUT2D eigenvalue weighted by molar-refractivity contribution is 1.74. The predicted octanol–water partition coefficient (Wildman–Crippen LogP) is 10.8. The third kappa shape index (κ3) is 7.85. The first-order valence-electron chi connectivity index (χ1n) is 19.2. The summed E-state index contributed by atoms with van der Waals surface area (Å²) >= 11 is 29.8. The second-order valence-electron chi connectivity index (χ2n) is 13.9. The van der Waals surface area contributed by atoms with Crippen LogP contribution in [-0.2, 0) is 47.2 Å². The summed E-state index contributed by atoms with van der Waals surface area (Å²) in [6.45, 7) is 0. The first-order chi connectivity index (χ1) is 28.8. The van der Waals surface area contributed by atoms with Crippen molar-refractivity contribution in [2.24, 2.45) is 0 Å². The normalized spacial score (nSPS) is 11.9. The monoisotopic (exact) mass is 904 g/mol. The maximum atomic E-state index is 7.45.